The van der Waals surface area contributed by atoms with Crippen LogP contribution < -0.4 is 11.1 Å². The summed E-state index contributed by atoms with van der Waals surface area (Å²) in [5.74, 6) is -1.11. The summed E-state index contributed by atoms with van der Waals surface area (Å²) in [6, 6.07) is -0.533. The van der Waals surface area contributed by atoms with Gasteiger partial charge in [-0.05, 0) is 13.3 Å². The zero-order valence-electron chi connectivity index (χ0n) is 7.04. The number of carbonyl (C=O) groups is 2. The van der Waals surface area contributed by atoms with Gasteiger partial charge in [0, 0.05) is 13.0 Å². The van der Waals surface area contributed by atoms with Crippen molar-refractivity contribution in [3.8, 4) is 0 Å². The Hall–Kier alpha value is -1.10. The third-order valence-corrected chi connectivity index (χ3v) is 1.28. The van der Waals surface area contributed by atoms with Crippen LogP contribution in [0.2, 0.25) is 0 Å². The van der Waals surface area contributed by atoms with E-state index >= 15 is 0 Å². The first-order valence-electron chi connectivity index (χ1n) is 3.79. The fraction of sp³-hybridized carbons (Fsp3) is 0.714. The molecule has 0 heterocycles. The molecule has 0 radical (unpaired) electrons. The van der Waals surface area contributed by atoms with Crippen LogP contribution in [0.5, 0.6) is 0 Å². The Labute approximate surface area is 70.9 Å². The van der Waals surface area contributed by atoms with Crippen molar-refractivity contribution in [3.63, 3.8) is 0 Å². The van der Waals surface area contributed by atoms with Crippen molar-refractivity contribution in [3.05, 3.63) is 0 Å². The molecule has 1 amide bonds. The maximum atomic E-state index is 10.8. The Morgan fingerprint density at radius 1 is 1.58 bits per heavy atom. The van der Waals surface area contributed by atoms with Gasteiger partial charge in [-0.25, -0.2) is 0 Å². The molecule has 0 spiro atoms. The molecule has 1 atom stereocenters. The Bertz CT molecular complexity index is 168. The van der Waals surface area contributed by atoms with E-state index in [2.05, 4.69) is 5.32 Å². The molecule has 0 aliphatic heterocycles. The fourth-order valence-corrected chi connectivity index (χ4v) is 0.612. The monoisotopic (exact) mass is 174 g/mol. The lowest BCUT2D eigenvalue weighted by Crippen LogP contribution is -2.38. The summed E-state index contributed by atoms with van der Waals surface area (Å²) in [5.41, 5.74) is 5.25. The molecule has 70 valence electrons. The minimum atomic E-state index is -0.856. The van der Waals surface area contributed by atoms with Gasteiger partial charge in [0.15, 0.2) is 0 Å². The van der Waals surface area contributed by atoms with E-state index < -0.39 is 12.0 Å². The van der Waals surface area contributed by atoms with Crippen LogP contribution in [0.15, 0.2) is 0 Å². The van der Waals surface area contributed by atoms with Gasteiger partial charge < -0.3 is 16.2 Å². The number of aliphatic carboxylic acids is 1. The number of hydrogen-bond donors (Lipinski definition) is 3. The molecule has 0 fully saturated rings. The van der Waals surface area contributed by atoms with Crippen molar-refractivity contribution in [2.75, 3.05) is 6.54 Å². The lowest BCUT2D eigenvalue weighted by Gasteiger charge is -2.05. The lowest BCUT2D eigenvalue weighted by molar-refractivity contribution is -0.137. The summed E-state index contributed by atoms with van der Waals surface area (Å²) >= 11 is 0. The average molecular weight is 174 g/mol. The number of amides is 1. The molecular weight excluding hydrogens is 160 g/mol. The van der Waals surface area contributed by atoms with Crippen molar-refractivity contribution in [2.24, 2.45) is 5.73 Å². The molecule has 0 aliphatic rings. The minimum Gasteiger partial charge on any atom is -0.481 e. The van der Waals surface area contributed by atoms with Crippen LogP contribution in [0.1, 0.15) is 19.8 Å². The van der Waals surface area contributed by atoms with Crippen LogP contribution in [0, 0.1) is 0 Å². The first-order valence-corrected chi connectivity index (χ1v) is 3.79. The van der Waals surface area contributed by atoms with Gasteiger partial charge in [0.1, 0.15) is 0 Å². The molecule has 4 N–H and O–H groups in total. The largest absolute Gasteiger partial charge is 0.481 e. The van der Waals surface area contributed by atoms with Gasteiger partial charge in [0.05, 0.1) is 6.04 Å². The molecule has 0 rings (SSSR count). The number of carbonyl (C=O) groups excluding carboxylic acids is 1. The number of nitrogens with one attached hydrogen (secondary N) is 1. The van der Waals surface area contributed by atoms with Crippen LogP contribution in [0.4, 0.5) is 0 Å². The summed E-state index contributed by atoms with van der Waals surface area (Å²) in [6.45, 7) is 1.94. The van der Waals surface area contributed by atoms with E-state index in [0.717, 1.165) is 0 Å². The fourth-order valence-electron chi connectivity index (χ4n) is 0.612. The molecule has 12 heavy (non-hydrogen) atoms. The number of nitrogens with two attached hydrogens (primary N) is 1. The van der Waals surface area contributed by atoms with Gasteiger partial charge in [0.2, 0.25) is 5.91 Å². The molecule has 5 nitrogen and oxygen atoms in total. The molecule has 5 heteroatoms. The SMILES string of the molecule is CC(N)C(=O)NCCCC(=O)O. The van der Waals surface area contributed by atoms with E-state index in [-0.39, 0.29) is 12.3 Å². The van der Waals surface area contributed by atoms with Crippen molar-refractivity contribution in [2.45, 2.75) is 25.8 Å². The number of carboxylic acid groups (broad SMARTS) is 1. The second-order valence-electron chi connectivity index (χ2n) is 2.58. The standard InChI is InChI=1S/C7H14N2O3/c1-5(8)7(12)9-4-2-3-6(10)11/h5H,2-4,8H2,1H3,(H,9,12)(H,10,11). The smallest absolute Gasteiger partial charge is 0.303 e. The van der Waals surface area contributed by atoms with Crippen molar-refractivity contribution in [1.82, 2.24) is 5.32 Å². The number of rotatable bonds is 5. The highest BCUT2D eigenvalue weighted by Gasteiger charge is 2.05. The maximum Gasteiger partial charge on any atom is 0.303 e. The minimum absolute atomic E-state index is 0.0687. The Balaban J connectivity index is 3.32. The molecule has 0 aromatic rings. The second kappa shape index (κ2) is 5.54. The van der Waals surface area contributed by atoms with E-state index in [9.17, 15) is 9.59 Å². The van der Waals surface area contributed by atoms with E-state index in [0.29, 0.717) is 13.0 Å². The highest BCUT2D eigenvalue weighted by molar-refractivity contribution is 5.80. The molecule has 0 bridgehead atoms. The highest BCUT2D eigenvalue weighted by Crippen LogP contribution is 1.86. The van der Waals surface area contributed by atoms with E-state index in [1.807, 2.05) is 0 Å². The molecule has 0 aromatic heterocycles. The van der Waals surface area contributed by atoms with Gasteiger partial charge in [0.25, 0.3) is 0 Å². The average Bonchev–Trinajstić information content (AvgIpc) is 1.97. The Morgan fingerprint density at radius 2 is 2.17 bits per heavy atom. The predicted octanol–water partition coefficient (Wildman–Crippen LogP) is -0.685. The molecular formula is C7H14N2O3. The van der Waals surface area contributed by atoms with Crippen molar-refractivity contribution >= 4 is 11.9 Å². The molecule has 0 saturated heterocycles. The lowest BCUT2D eigenvalue weighted by atomic mass is 10.3. The topological polar surface area (TPSA) is 92.4 Å². The zero-order chi connectivity index (χ0) is 9.56. The number of carboxylic acids is 1. The molecule has 0 aliphatic carbocycles. The highest BCUT2D eigenvalue weighted by atomic mass is 16.4. The number of hydrogen-bond acceptors (Lipinski definition) is 3. The van der Waals surface area contributed by atoms with Gasteiger partial charge in [-0.2, -0.15) is 0 Å². The first kappa shape index (κ1) is 10.9. The zero-order valence-corrected chi connectivity index (χ0v) is 7.04. The van der Waals surface area contributed by atoms with Gasteiger partial charge in [-0.3, -0.25) is 9.59 Å². The molecule has 1 unspecified atom stereocenters. The summed E-state index contributed by atoms with van der Waals surface area (Å²) < 4.78 is 0. The van der Waals surface area contributed by atoms with Crippen LogP contribution >= 0.6 is 0 Å². The quantitative estimate of drug-likeness (QED) is 0.481. The van der Waals surface area contributed by atoms with Gasteiger partial charge in [-0.1, -0.05) is 0 Å². The normalized spacial score (nSPS) is 12.2. The molecule has 0 saturated carbocycles. The van der Waals surface area contributed by atoms with Crippen LogP contribution in [0.25, 0.3) is 0 Å². The summed E-state index contributed by atoms with van der Waals surface area (Å²) in [5, 5.41) is 10.8. The van der Waals surface area contributed by atoms with Crippen molar-refractivity contribution in [1.29, 1.82) is 0 Å². The predicted molar refractivity (Wildman–Crippen MR) is 43.5 cm³/mol. The van der Waals surface area contributed by atoms with E-state index in [4.69, 9.17) is 10.8 Å². The van der Waals surface area contributed by atoms with Crippen LogP contribution in [-0.2, 0) is 9.59 Å². The van der Waals surface area contributed by atoms with Gasteiger partial charge >= 0.3 is 5.97 Å². The van der Waals surface area contributed by atoms with Crippen molar-refractivity contribution < 1.29 is 14.7 Å². The molecule has 0 aromatic carbocycles. The second-order valence-corrected chi connectivity index (χ2v) is 2.58. The third-order valence-electron chi connectivity index (χ3n) is 1.28. The van der Waals surface area contributed by atoms with E-state index in [1.165, 1.54) is 0 Å². The van der Waals surface area contributed by atoms with Crippen LogP contribution in [-0.4, -0.2) is 29.6 Å². The van der Waals surface area contributed by atoms with Crippen LogP contribution in [0.3, 0.4) is 0 Å². The summed E-state index contributed by atoms with van der Waals surface area (Å²) in [4.78, 5) is 20.8. The Morgan fingerprint density at radius 3 is 2.58 bits per heavy atom. The maximum absolute atomic E-state index is 10.8. The first-order chi connectivity index (χ1) is 5.54. The Kier molecular flexibility index (Phi) is 5.03. The van der Waals surface area contributed by atoms with E-state index in [1.54, 1.807) is 6.92 Å². The third kappa shape index (κ3) is 5.67. The summed E-state index contributed by atoms with van der Waals surface area (Å²) in [6.07, 6.45) is 0.507. The summed E-state index contributed by atoms with van der Waals surface area (Å²) in [7, 11) is 0. The van der Waals surface area contributed by atoms with Gasteiger partial charge in [-0.15, -0.1) is 0 Å².